The second-order valence-corrected chi connectivity index (χ2v) is 7.53. The molecular weight excluding hydrogens is 268 g/mol. The summed E-state index contributed by atoms with van der Waals surface area (Å²) in [4.78, 5) is 6.59. The number of fused-ring (bicyclic) bond motifs is 1. The number of aryl methyl sites for hydroxylation is 2. The topological polar surface area (TPSA) is 34.1 Å². The quantitative estimate of drug-likeness (QED) is 0.846. The van der Waals surface area contributed by atoms with E-state index in [1.54, 1.807) is 12.0 Å². The Morgan fingerprint density at radius 1 is 1.40 bits per heavy atom. The van der Waals surface area contributed by atoms with Crippen molar-refractivity contribution in [3.8, 4) is 0 Å². The number of ether oxygens (including phenoxy) is 1. The zero-order valence-electron chi connectivity index (χ0n) is 12.7. The Morgan fingerprint density at radius 2 is 2.25 bits per heavy atom. The van der Waals surface area contributed by atoms with E-state index < -0.39 is 0 Å². The average Bonchev–Trinajstić information content (AvgIpc) is 3.04. The van der Waals surface area contributed by atoms with E-state index in [1.807, 2.05) is 11.3 Å². The van der Waals surface area contributed by atoms with Gasteiger partial charge in [0.05, 0.1) is 17.8 Å². The Morgan fingerprint density at radius 3 is 2.95 bits per heavy atom. The van der Waals surface area contributed by atoms with Crippen molar-refractivity contribution < 1.29 is 4.74 Å². The van der Waals surface area contributed by atoms with Gasteiger partial charge in [0.2, 0.25) is 0 Å². The SMILES string of the molecule is COCCNC1(c2nc3c(s2)CCCC3)CCC(C)C1. The number of nitrogens with one attached hydrogen (secondary N) is 1. The monoisotopic (exact) mass is 294 g/mol. The van der Waals surface area contributed by atoms with Crippen LogP contribution in [0.25, 0.3) is 0 Å². The number of aromatic nitrogens is 1. The number of nitrogens with zero attached hydrogens (tertiary/aromatic N) is 1. The zero-order chi connectivity index (χ0) is 14.0. The molecular formula is C16H26N2OS. The minimum absolute atomic E-state index is 0.125. The van der Waals surface area contributed by atoms with Crippen molar-refractivity contribution in [1.82, 2.24) is 10.3 Å². The van der Waals surface area contributed by atoms with E-state index in [4.69, 9.17) is 9.72 Å². The van der Waals surface area contributed by atoms with Gasteiger partial charge in [0, 0.05) is 18.5 Å². The Labute approximate surface area is 126 Å². The van der Waals surface area contributed by atoms with Crippen LogP contribution in [0.3, 0.4) is 0 Å². The average molecular weight is 294 g/mol. The molecule has 20 heavy (non-hydrogen) atoms. The summed E-state index contributed by atoms with van der Waals surface area (Å²) in [5, 5.41) is 5.13. The van der Waals surface area contributed by atoms with Gasteiger partial charge in [0.25, 0.3) is 0 Å². The normalized spacial score (nSPS) is 29.6. The summed E-state index contributed by atoms with van der Waals surface area (Å²) in [5.41, 5.74) is 1.52. The van der Waals surface area contributed by atoms with E-state index in [0.717, 1.165) is 19.1 Å². The molecule has 1 fully saturated rings. The third kappa shape index (κ3) is 2.78. The molecule has 1 aromatic heterocycles. The lowest BCUT2D eigenvalue weighted by molar-refractivity contribution is 0.182. The minimum Gasteiger partial charge on any atom is -0.383 e. The van der Waals surface area contributed by atoms with Crippen LogP contribution in [0.4, 0.5) is 0 Å². The molecule has 2 atom stereocenters. The first-order valence-corrected chi connectivity index (χ1v) is 8.78. The molecule has 2 aliphatic rings. The fourth-order valence-electron chi connectivity index (χ4n) is 3.67. The van der Waals surface area contributed by atoms with E-state index in [2.05, 4.69) is 12.2 Å². The fraction of sp³-hybridized carbons (Fsp3) is 0.812. The molecule has 1 N–H and O–H groups in total. The van der Waals surface area contributed by atoms with Crippen LogP contribution in [0, 0.1) is 5.92 Å². The molecule has 3 rings (SSSR count). The van der Waals surface area contributed by atoms with Gasteiger partial charge in [-0.05, 0) is 50.9 Å². The molecule has 0 saturated heterocycles. The summed E-state index contributed by atoms with van der Waals surface area (Å²) in [6.07, 6.45) is 8.86. The van der Waals surface area contributed by atoms with Gasteiger partial charge in [-0.2, -0.15) is 0 Å². The molecule has 1 saturated carbocycles. The van der Waals surface area contributed by atoms with Crippen molar-refractivity contribution in [2.75, 3.05) is 20.3 Å². The van der Waals surface area contributed by atoms with Gasteiger partial charge in [-0.3, -0.25) is 0 Å². The van der Waals surface area contributed by atoms with Gasteiger partial charge in [-0.25, -0.2) is 4.98 Å². The van der Waals surface area contributed by atoms with E-state index in [-0.39, 0.29) is 5.54 Å². The lowest BCUT2D eigenvalue weighted by Gasteiger charge is -2.28. The Kier molecular flexibility index (Phi) is 4.43. The summed E-state index contributed by atoms with van der Waals surface area (Å²) in [7, 11) is 1.77. The van der Waals surface area contributed by atoms with Gasteiger partial charge in [0.1, 0.15) is 5.01 Å². The van der Waals surface area contributed by atoms with Crippen molar-refractivity contribution >= 4 is 11.3 Å². The standard InChI is InChI=1S/C16H26N2OS/c1-12-7-8-16(11-12,17-9-10-19-2)15-18-13-5-3-4-6-14(13)20-15/h12,17H,3-11H2,1-2H3. The summed E-state index contributed by atoms with van der Waals surface area (Å²) < 4.78 is 5.21. The van der Waals surface area contributed by atoms with Crippen LogP contribution < -0.4 is 5.32 Å². The lowest BCUT2D eigenvalue weighted by atomic mass is 9.96. The number of rotatable bonds is 5. The summed E-state index contributed by atoms with van der Waals surface area (Å²) in [5.74, 6) is 0.797. The Balaban J connectivity index is 1.83. The predicted octanol–water partition coefficient (Wildman–Crippen LogP) is 3.27. The molecule has 4 heteroatoms. The Hall–Kier alpha value is -0.450. The summed E-state index contributed by atoms with van der Waals surface area (Å²) in [6, 6.07) is 0. The van der Waals surface area contributed by atoms with Crippen LogP contribution in [0.2, 0.25) is 0 Å². The maximum absolute atomic E-state index is 5.21. The van der Waals surface area contributed by atoms with Crippen molar-refractivity contribution in [2.24, 2.45) is 5.92 Å². The highest BCUT2D eigenvalue weighted by molar-refractivity contribution is 7.11. The van der Waals surface area contributed by atoms with Crippen LogP contribution in [0.5, 0.6) is 0 Å². The van der Waals surface area contributed by atoms with E-state index in [0.29, 0.717) is 0 Å². The molecule has 0 aliphatic heterocycles. The molecule has 0 radical (unpaired) electrons. The maximum Gasteiger partial charge on any atom is 0.113 e. The van der Waals surface area contributed by atoms with E-state index in [1.165, 1.54) is 55.6 Å². The number of hydrogen-bond donors (Lipinski definition) is 1. The fourth-order valence-corrected chi connectivity index (χ4v) is 5.03. The third-order valence-electron chi connectivity index (χ3n) is 4.79. The van der Waals surface area contributed by atoms with Crippen LogP contribution in [-0.2, 0) is 23.1 Å². The van der Waals surface area contributed by atoms with E-state index in [9.17, 15) is 0 Å². The maximum atomic E-state index is 5.21. The minimum atomic E-state index is 0.125. The predicted molar refractivity (Wildman–Crippen MR) is 83.3 cm³/mol. The highest BCUT2D eigenvalue weighted by atomic mass is 32.1. The first-order chi connectivity index (χ1) is 9.73. The summed E-state index contributed by atoms with van der Waals surface area (Å²) >= 11 is 1.98. The van der Waals surface area contributed by atoms with Crippen LogP contribution >= 0.6 is 11.3 Å². The van der Waals surface area contributed by atoms with Crippen LogP contribution in [0.15, 0.2) is 0 Å². The molecule has 2 aliphatic carbocycles. The molecule has 0 spiro atoms. The molecule has 3 nitrogen and oxygen atoms in total. The molecule has 0 bridgehead atoms. The first kappa shape index (κ1) is 14.5. The molecule has 112 valence electrons. The van der Waals surface area contributed by atoms with Crippen molar-refractivity contribution in [2.45, 2.75) is 57.4 Å². The highest BCUT2D eigenvalue weighted by Crippen LogP contribution is 2.44. The van der Waals surface area contributed by atoms with Crippen molar-refractivity contribution in [3.05, 3.63) is 15.6 Å². The molecule has 2 unspecified atom stereocenters. The van der Waals surface area contributed by atoms with Crippen LogP contribution in [-0.4, -0.2) is 25.2 Å². The van der Waals surface area contributed by atoms with Gasteiger partial charge in [0.15, 0.2) is 0 Å². The molecule has 0 amide bonds. The smallest absolute Gasteiger partial charge is 0.113 e. The second kappa shape index (κ2) is 6.12. The van der Waals surface area contributed by atoms with Crippen LogP contribution in [0.1, 0.15) is 54.6 Å². The molecule has 1 heterocycles. The van der Waals surface area contributed by atoms with Gasteiger partial charge in [-0.1, -0.05) is 6.92 Å². The Bertz CT molecular complexity index is 436. The first-order valence-electron chi connectivity index (χ1n) is 7.96. The second-order valence-electron chi connectivity index (χ2n) is 6.45. The van der Waals surface area contributed by atoms with Gasteiger partial charge < -0.3 is 10.1 Å². The van der Waals surface area contributed by atoms with Gasteiger partial charge in [-0.15, -0.1) is 11.3 Å². The van der Waals surface area contributed by atoms with Crippen molar-refractivity contribution in [3.63, 3.8) is 0 Å². The van der Waals surface area contributed by atoms with Gasteiger partial charge >= 0.3 is 0 Å². The summed E-state index contributed by atoms with van der Waals surface area (Å²) in [6.45, 7) is 4.07. The molecule has 1 aromatic rings. The number of thiazole rings is 1. The number of methoxy groups -OCH3 is 1. The zero-order valence-corrected chi connectivity index (χ0v) is 13.5. The molecule has 0 aromatic carbocycles. The largest absolute Gasteiger partial charge is 0.383 e. The lowest BCUT2D eigenvalue weighted by Crippen LogP contribution is -2.41. The van der Waals surface area contributed by atoms with E-state index >= 15 is 0 Å². The highest BCUT2D eigenvalue weighted by Gasteiger charge is 2.41. The third-order valence-corrected chi connectivity index (χ3v) is 6.15. The number of hydrogen-bond acceptors (Lipinski definition) is 4. The van der Waals surface area contributed by atoms with Crippen molar-refractivity contribution in [1.29, 1.82) is 0 Å².